The molecule has 0 aromatic heterocycles. The molecule has 0 radical (unpaired) electrons. The van der Waals surface area contributed by atoms with Crippen LogP contribution in [0.4, 0.5) is 0 Å². The Labute approximate surface area is 509 Å². The molecule has 1 aliphatic rings. The highest BCUT2D eigenvalue weighted by Crippen LogP contribution is 2.24. The number of hydrogen-bond donors (Lipinski definition) is 6. The van der Waals surface area contributed by atoms with Gasteiger partial charge in [-0.15, -0.1) is 0 Å². The average molecular weight is 1160 g/mol. The van der Waals surface area contributed by atoms with Gasteiger partial charge < -0.3 is 40.3 Å². The van der Waals surface area contributed by atoms with Crippen LogP contribution in [0.3, 0.4) is 0 Å². The number of allylic oxidation sites excluding steroid dienone is 2. The molecule has 1 amide bonds. The zero-order chi connectivity index (χ0) is 59.3. The minimum absolute atomic E-state index is 0.132. The number of ether oxygens (including phenoxy) is 2. The van der Waals surface area contributed by atoms with Crippen molar-refractivity contribution in [1.29, 1.82) is 0 Å². The lowest BCUT2D eigenvalue weighted by molar-refractivity contribution is -0.302. The van der Waals surface area contributed by atoms with E-state index in [9.17, 15) is 30.3 Å². The maximum absolute atomic E-state index is 13.2. The molecule has 6 N–H and O–H groups in total. The van der Waals surface area contributed by atoms with Crippen LogP contribution in [-0.2, 0) is 14.3 Å². The van der Waals surface area contributed by atoms with Gasteiger partial charge in [-0.3, -0.25) is 4.79 Å². The standard InChI is InChI=1S/C73H143NO8/c1-3-5-7-9-11-13-15-17-19-21-23-25-27-28-29-30-31-32-33-34-35-36-37-38-39-40-41-43-45-47-49-51-53-55-57-59-61-63-69(77)74-66(65-81-73-72(80)71(79)70(78)68(64-75)82-73)67(76)62-60-58-56-54-52-50-48-46-44-42-26-24-22-20-18-16-14-12-10-8-6-4-2/h32-33,66-68,70-73,75-76,78-80H,3-31,34-65H2,1-2H3,(H,74,77)/b33-32-. The van der Waals surface area contributed by atoms with E-state index in [1.807, 2.05) is 0 Å². The zero-order valence-corrected chi connectivity index (χ0v) is 54.8. The summed E-state index contributed by atoms with van der Waals surface area (Å²) in [5.41, 5.74) is 0. The van der Waals surface area contributed by atoms with Crippen molar-refractivity contribution in [3.05, 3.63) is 12.2 Å². The van der Waals surface area contributed by atoms with Gasteiger partial charge in [0.15, 0.2) is 6.29 Å². The molecule has 82 heavy (non-hydrogen) atoms. The van der Waals surface area contributed by atoms with Gasteiger partial charge in [-0.25, -0.2) is 0 Å². The van der Waals surface area contributed by atoms with Gasteiger partial charge in [-0.1, -0.05) is 360 Å². The van der Waals surface area contributed by atoms with Crippen LogP contribution >= 0.6 is 0 Å². The summed E-state index contributed by atoms with van der Waals surface area (Å²) in [5, 5.41) is 55.0. The van der Waals surface area contributed by atoms with Crippen molar-refractivity contribution < 1.29 is 39.8 Å². The first-order valence-corrected chi connectivity index (χ1v) is 36.9. The fourth-order valence-corrected chi connectivity index (χ4v) is 12.3. The highest BCUT2D eigenvalue weighted by Gasteiger charge is 2.44. The summed E-state index contributed by atoms with van der Waals surface area (Å²) in [4.78, 5) is 13.2. The molecule has 0 aliphatic carbocycles. The molecule has 1 rings (SSSR count). The largest absolute Gasteiger partial charge is 0.394 e. The summed E-state index contributed by atoms with van der Waals surface area (Å²) < 4.78 is 11.4. The first kappa shape index (κ1) is 78.9. The number of hydrogen-bond acceptors (Lipinski definition) is 8. The minimum atomic E-state index is -1.55. The van der Waals surface area contributed by atoms with E-state index in [1.165, 1.54) is 327 Å². The molecule has 0 saturated carbocycles. The van der Waals surface area contributed by atoms with Gasteiger partial charge in [0.25, 0.3) is 0 Å². The Kier molecular flexibility index (Phi) is 60.6. The van der Waals surface area contributed by atoms with E-state index in [1.54, 1.807) is 0 Å². The van der Waals surface area contributed by atoms with Gasteiger partial charge in [0.05, 0.1) is 25.4 Å². The fourth-order valence-electron chi connectivity index (χ4n) is 12.3. The van der Waals surface area contributed by atoms with E-state index in [0.29, 0.717) is 12.8 Å². The van der Waals surface area contributed by atoms with Gasteiger partial charge in [0.1, 0.15) is 24.4 Å². The lowest BCUT2D eigenvalue weighted by Gasteiger charge is -2.40. The van der Waals surface area contributed by atoms with Gasteiger partial charge in [-0.05, 0) is 38.5 Å². The molecule has 0 spiro atoms. The summed E-state index contributed by atoms with van der Waals surface area (Å²) in [6.07, 6.45) is 74.5. The summed E-state index contributed by atoms with van der Waals surface area (Å²) in [5.74, 6) is -0.135. The van der Waals surface area contributed by atoms with E-state index in [2.05, 4.69) is 31.3 Å². The Hall–Kier alpha value is -1.07. The number of nitrogens with one attached hydrogen (secondary N) is 1. The lowest BCUT2D eigenvalue weighted by atomic mass is 9.99. The van der Waals surface area contributed by atoms with Crippen molar-refractivity contribution in [2.45, 2.75) is 436 Å². The Morgan fingerprint density at radius 3 is 0.988 bits per heavy atom. The van der Waals surface area contributed by atoms with E-state index >= 15 is 0 Å². The van der Waals surface area contributed by atoms with Crippen LogP contribution in [0.25, 0.3) is 0 Å². The SMILES string of the molecule is CCCCCCCCCCCCCCCCCC/C=C\CCCCCCCCCCCCCCCCCCCC(=O)NC(COC1OC(CO)C(O)C(O)C1O)C(O)CCCCCCCCCCCCCCCCCCCCCCCC. The Bertz CT molecular complexity index is 1300. The van der Waals surface area contributed by atoms with Crippen molar-refractivity contribution in [2.75, 3.05) is 13.2 Å². The van der Waals surface area contributed by atoms with Crippen LogP contribution in [0, 0.1) is 0 Å². The van der Waals surface area contributed by atoms with Crippen LogP contribution in [0.15, 0.2) is 12.2 Å². The molecule has 0 aromatic carbocycles. The van der Waals surface area contributed by atoms with Crippen LogP contribution in [0.1, 0.15) is 393 Å². The second-order valence-corrected chi connectivity index (χ2v) is 26.1. The Balaban J connectivity index is 2.05. The fraction of sp³-hybridized carbons (Fsp3) is 0.959. The number of carbonyl (C=O) groups excluding carboxylic acids is 1. The highest BCUT2D eigenvalue weighted by molar-refractivity contribution is 5.76. The summed E-state index contributed by atoms with van der Waals surface area (Å²) in [6, 6.07) is -0.717. The molecule has 0 bridgehead atoms. The van der Waals surface area contributed by atoms with Crippen LogP contribution in [-0.4, -0.2) is 87.5 Å². The van der Waals surface area contributed by atoms with Crippen molar-refractivity contribution >= 4 is 5.91 Å². The normalized spacial score (nSPS) is 18.3. The molecule has 7 unspecified atom stereocenters. The molecule has 488 valence electrons. The van der Waals surface area contributed by atoms with Crippen LogP contribution < -0.4 is 5.32 Å². The minimum Gasteiger partial charge on any atom is -0.394 e. The number of unbranched alkanes of at least 4 members (excludes halogenated alkanes) is 54. The summed E-state index contributed by atoms with van der Waals surface area (Å²) >= 11 is 0. The topological polar surface area (TPSA) is 149 Å². The Morgan fingerprint density at radius 1 is 0.402 bits per heavy atom. The van der Waals surface area contributed by atoms with Gasteiger partial charge in [0, 0.05) is 6.42 Å². The van der Waals surface area contributed by atoms with Gasteiger partial charge in [-0.2, -0.15) is 0 Å². The summed E-state index contributed by atoms with van der Waals surface area (Å²) in [7, 11) is 0. The number of aliphatic hydroxyl groups excluding tert-OH is 5. The van der Waals surface area contributed by atoms with Gasteiger partial charge in [0.2, 0.25) is 5.91 Å². The first-order chi connectivity index (χ1) is 40.3. The predicted molar refractivity (Wildman–Crippen MR) is 351 cm³/mol. The van der Waals surface area contributed by atoms with E-state index in [4.69, 9.17) is 9.47 Å². The second kappa shape index (κ2) is 63.0. The maximum atomic E-state index is 13.2. The van der Waals surface area contributed by atoms with Crippen LogP contribution in [0.2, 0.25) is 0 Å². The lowest BCUT2D eigenvalue weighted by Crippen LogP contribution is -2.60. The highest BCUT2D eigenvalue weighted by atomic mass is 16.7. The third kappa shape index (κ3) is 51.0. The molecule has 1 fully saturated rings. The molecule has 1 heterocycles. The number of rotatable bonds is 66. The molecule has 1 saturated heterocycles. The van der Waals surface area contributed by atoms with E-state index in [0.717, 1.165) is 38.5 Å². The van der Waals surface area contributed by atoms with Crippen LogP contribution in [0.5, 0.6) is 0 Å². The third-order valence-electron chi connectivity index (χ3n) is 18.1. The predicted octanol–water partition coefficient (Wildman–Crippen LogP) is 20.3. The average Bonchev–Trinajstić information content (AvgIpc) is 3.59. The molecule has 9 heteroatoms. The quantitative estimate of drug-likeness (QED) is 0.0261. The smallest absolute Gasteiger partial charge is 0.220 e. The second-order valence-electron chi connectivity index (χ2n) is 26.1. The zero-order valence-electron chi connectivity index (χ0n) is 54.8. The molecule has 1 aliphatic heterocycles. The molecule has 9 nitrogen and oxygen atoms in total. The first-order valence-electron chi connectivity index (χ1n) is 36.9. The van der Waals surface area contributed by atoms with Crippen molar-refractivity contribution in [3.8, 4) is 0 Å². The molecular weight excluding hydrogens is 1020 g/mol. The molecular formula is C73H143NO8. The molecule has 7 atom stereocenters. The maximum Gasteiger partial charge on any atom is 0.220 e. The number of amides is 1. The van der Waals surface area contributed by atoms with E-state index in [-0.39, 0.29) is 12.5 Å². The number of aliphatic hydroxyl groups is 5. The molecule has 0 aromatic rings. The van der Waals surface area contributed by atoms with Crippen molar-refractivity contribution in [1.82, 2.24) is 5.32 Å². The van der Waals surface area contributed by atoms with E-state index < -0.39 is 49.5 Å². The summed E-state index contributed by atoms with van der Waals surface area (Å²) in [6.45, 7) is 3.91. The van der Waals surface area contributed by atoms with Gasteiger partial charge >= 0.3 is 0 Å². The van der Waals surface area contributed by atoms with Crippen molar-refractivity contribution in [2.24, 2.45) is 0 Å². The Morgan fingerprint density at radius 2 is 0.683 bits per heavy atom. The van der Waals surface area contributed by atoms with Crippen molar-refractivity contribution in [3.63, 3.8) is 0 Å². The monoisotopic (exact) mass is 1160 g/mol. The third-order valence-corrected chi connectivity index (χ3v) is 18.1. The number of carbonyl (C=O) groups is 1.